The molecule has 0 radical (unpaired) electrons. The minimum absolute atomic E-state index is 0.114. The van der Waals surface area contributed by atoms with E-state index in [1.165, 1.54) is 17.9 Å². The number of carbonyl (C=O) groups is 2. The van der Waals surface area contributed by atoms with Crippen LogP contribution in [0.15, 0.2) is 53.3 Å². The standard InChI is InChI=1S/C22H20N6O5/c1-22(18(29)20(30)25-13-3-4-14-16(10-13)33-27-19(14)23)21(31)28(8-9-32-22)17-5-2-12-6-7-24-11-15(12)26-17/h2-7,10-11,18,29H,8-9H2,1H3,(H2,23,27)(H,25,30)/t18?,22-/m1/s1. The van der Waals surface area contributed by atoms with Crippen molar-refractivity contribution >= 4 is 51.0 Å². The van der Waals surface area contributed by atoms with Gasteiger partial charge in [-0.15, -0.1) is 0 Å². The number of hydrogen-bond donors (Lipinski definition) is 3. The van der Waals surface area contributed by atoms with Crippen LogP contribution in [0.4, 0.5) is 17.3 Å². The third-order valence-electron chi connectivity index (χ3n) is 5.68. The Hall–Kier alpha value is -4.09. The van der Waals surface area contributed by atoms with Gasteiger partial charge in [-0.2, -0.15) is 0 Å². The number of ether oxygens (including phenoxy) is 1. The van der Waals surface area contributed by atoms with E-state index < -0.39 is 23.5 Å². The van der Waals surface area contributed by atoms with Gasteiger partial charge in [-0.05, 0) is 37.3 Å². The maximum absolute atomic E-state index is 13.3. The fraction of sp³-hybridized carbons (Fsp3) is 0.227. The number of pyridine rings is 2. The van der Waals surface area contributed by atoms with Gasteiger partial charge >= 0.3 is 0 Å². The van der Waals surface area contributed by atoms with Gasteiger partial charge in [-0.1, -0.05) is 5.16 Å². The predicted molar refractivity (Wildman–Crippen MR) is 119 cm³/mol. The summed E-state index contributed by atoms with van der Waals surface area (Å²) in [6.07, 6.45) is 1.47. The lowest BCUT2D eigenvalue weighted by Crippen LogP contribution is -2.63. The number of hydrogen-bond acceptors (Lipinski definition) is 9. The molecule has 4 N–H and O–H groups in total. The van der Waals surface area contributed by atoms with Crippen LogP contribution in [0.3, 0.4) is 0 Å². The average Bonchev–Trinajstić information content (AvgIpc) is 3.20. The van der Waals surface area contributed by atoms with Crippen LogP contribution in [-0.2, 0) is 14.3 Å². The zero-order valence-electron chi connectivity index (χ0n) is 17.6. The molecule has 1 saturated heterocycles. The van der Waals surface area contributed by atoms with Gasteiger partial charge in [0.1, 0.15) is 5.82 Å². The summed E-state index contributed by atoms with van der Waals surface area (Å²) >= 11 is 0. The number of carbonyl (C=O) groups excluding carboxylic acids is 2. The van der Waals surface area contributed by atoms with Gasteiger partial charge in [-0.25, -0.2) is 4.98 Å². The van der Waals surface area contributed by atoms with Crippen molar-refractivity contribution < 1.29 is 24.0 Å². The second-order valence-corrected chi connectivity index (χ2v) is 7.82. The van der Waals surface area contributed by atoms with Crippen molar-refractivity contribution in [2.24, 2.45) is 0 Å². The van der Waals surface area contributed by atoms with E-state index >= 15 is 0 Å². The number of nitrogens with two attached hydrogens (primary N) is 1. The first-order chi connectivity index (χ1) is 15.9. The quantitative estimate of drug-likeness (QED) is 0.420. The van der Waals surface area contributed by atoms with Crippen LogP contribution in [0.5, 0.6) is 0 Å². The molecule has 1 aliphatic heterocycles. The van der Waals surface area contributed by atoms with E-state index in [4.69, 9.17) is 15.0 Å². The summed E-state index contributed by atoms with van der Waals surface area (Å²) in [4.78, 5) is 36.1. The number of anilines is 3. The van der Waals surface area contributed by atoms with Crippen molar-refractivity contribution in [2.45, 2.75) is 18.6 Å². The van der Waals surface area contributed by atoms with Crippen LogP contribution in [0, 0.1) is 0 Å². The Kier molecular flexibility index (Phi) is 4.91. The van der Waals surface area contributed by atoms with E-state index in [0.29, 0.717) is 28.0 Å². The number of nitrogens with one attached hydrogen (secondary N) is 1. The molecule has 0 spiro atoms. The van der Waals surface area contributed by atoms with Crippen molar-refractivity contribution in [3.05, 3.63) is 48.8 Å². The fourth-order valence-corrected chi connectivity index (χ4v) is 3.80. The molecule has 2 amide bonds. The molecule has 4 heterocycles. The molecule has 33 heavy (non-hydrogen) atoms. The highest BCUT2D eigenvalue weighted by molar-refractivity contribution is 6.06. The lowest BCUT2D eigenvalue weighted by atomic mass is 9.94. The van der Waals surface area contributed by atoms with Crippen LogP contribution in [-0.4, -0.2) is 56.9 Å². The van der Waals surface area contributed by atoms with Crippen LogP contribution in [0.25, 0.3) is 21.9 Å². The van der Waals surface area contributed by atoms with Gasteiger partial charge in [0, 0.05) is 23.3 Å². The molecule has 168 valence electrons. The zero-order valence-corrected chi connectivity index (χ0v) is 17.6. The highest BCUT2D eigenvalue weighted by atomic mass is 16.5. The summed E-state index contributed by atoms with van der Waals surface area (Å²) in [5, 5.41) is 18.5. The smallest absolute Gasteiger partial charge is 0.263 e. The van der Waals surface area contributed by atoms with Crippen molar-refractivity contribution in [1.29, 1.82) is 0 Å². The van der Waals surface area contributed by atoms with Gasteiger partial charge in [0.2, 0.25) is 0 Å². The number of aliphatic hydroxyl groups is 1. The molecule has 5 rings (SSSR count). The number of amides is 2. The fourth-order valence-electron chi connectivity index (χ4n) is 3.80. The molecule has 1 unspecified atom stereocenters. The number of aromatic nitrogens is 3. The number of benzene rings is 1. The highest BCUT2D eigenvalue weighted by Gasteiger charge is 2.50. The van der Waals surface area contributed by atoms with Gasteiger partial charge in [0.15, 0.2) is 23.1 Å². The molecule has 4 aromatic rings. The van der Waals surface area contributed by atoms with Gasteiger partial charge < -0.3 is 25.4 Å². The topological polar surface area (TPSA) is 157 Å². The Balaban J connectivity index is 1.37. The number of nitrogen functional groups attached to an aromatic ring is 1. The number of morpholine rings is 1. The highest BCUT2D eigenvalue weighted by Crippen LogP contribution is 2.29. The third-order valence-corrected chi connectivity index (χ3v) is 5.68. The lowest BCUT2D eigenvalue weighted by molar-refractivity contribution is -0.170. The van der Waals surface area contributed by atoms with Crippen molar-refractivity contribution in [1.82, 2.24) is 15.1 Å². The molecule has 0 bridgehead atoms. The maximum Gasteiger partial charge on any atom is 0.263 e. The second kappa shape index (κ2) is 7.80. The summed E-state index contributed by atoms with van der Waals surface area (Å²) < 4.78 is 10.7. The third kappa shape index (κ3) is 3.52. The maximum atomic E-state index is 13.3. The normalized spacial score (nSPS) is 19.7. The first-order valence-corrected chi connectivity index (χ1v) is 10.2. The largest absolute Gasteiger partial charge is 0.380 e. The molecule has 11 heteroatoms. The monoisotopic (exact) mass is 448 g/mol. The van der Waals surface area contributed by atoms with Crippen molar-refractivity contribution in [3.63, 3.8) is 0 Å². The SMILES string of the molecule is C[C@]1(C(O)C(=O)Nc2ccc3c(N)noc3c2)OCCN(c2ccc3ccncc3n2)C1=O. The summed E-state index contributed by atoms with van der Waals surface area (Å²) in [5.74, 6) is -0.772. The number of rotatable bonds is 4. The Bertz CT molecular complexity index is 1390. The van der Waals surface area contributed by atoms with Crippen molar-refractivity contribution in [3.8, 4) is 0 Å². The van der Waals surface area contributed by atoms with E-state index in [0.717, 1.165) is 5.39 Å². The molecule has 0 saturated carbocycles. The molecule has 1 aromatic carbocycles. The first-order valence-electron chi connectivity index (χ1n) is 10.2. The van der Waals surface area contributed by atoms with Crippen LogP contribution in [0.1, 0.15) is 6.92 Å². The summed E-state index contributed by atoms with van der Waals surface area (Å²) in [6.45, 7) is 1.72. The Morgan fingerprint density at radius 2 is 2.15 bits per heavy atom. The van der Waals surface area contributed by atoms with Crippen molar-refractivity contribution in [2.75, 3.05) is 29.1 Å². The molecular formula is C22H20N6O5. The minimum Gasteiger partial charge on any atom is -0.380 e. The average molecular weight is 448 g/mol. The van der Waals surface area contributed by atoms with Crippen LogP contribution < -0.4 is 16.0 Å². The van der Waals surface area contributed by atoms with E-state index in [1.807, 2.05) is 12.1 Å². The van der Waals surface area contributed by atoms with E-state index in [2.05, 4.69) is 20.4 Å². The molecule has 0 aliphatic carbocycles. The first kappa shape index (κ1) is 20.8. The summed E-state index contributed by atoms with van der Waals surface area (Å²) in [5.41, 5.74) is 5.23. The predicted octanol–water partition coefficient (Wildman–Crippen LogP) is 1.47. The van der Waals surface area contributed by atoms with Crippen LogP contribution >= 0.6 is 0 Å². The van der Waals surface area contributed by atoms with Gasteiger partial charge in [-0.3, -0.25) is 19.5 Å². The molecule has 1 aliphatic rings. The van der Waals surface area contributed by atoms with E-state index in [9.17, 15) is 14.7 Å². The van der Waals surface area contributed by atoms with E-state index in [1.54, 1.807) is 30.6 Å². The van der Waals surface area contributed by atoms with E-state index in [-0.39, 0.29) is 19.0 Å². The molecule has 11 nitrogen and oxygen atoms in total. The van der Waals surface area contributed by atoms with Crippen LogP contribution in [0.2, 0.25) is 0 Å². The Morgan fingerprint density at radius 3 is 3.00 bits per heavy atom. The molecule has 3 aromatic heterocycles. The summed E-state index contributed by atoms with van der Waals surface area (Å²) in [6, 6.07) is 10.1. The molecular weight excluding hydrogens is 428 g/mol. The molecule has 2 atom stereocenters. The Morgan fingerprint density at radius 1 is 1.30 bits per heavy atom. The lowest BCUT2D eigenvalue weighted by Gasteiger charge is -2.40. The number of fused-ring (bicyclic) bond motifs is 2. The zero-order chi connectivity index (χ0) is 23.2. The van der Waals surface area contributed by atoms with Gasteiger partial charge in [0.05, 0.1) is 30.3 Å². The number of aliphatic hydroxyl groups excluding tert-OH is 1. The Labute approximate surface area is 187 Å². The summed E-state index contributed by atoms with van der Waals surface area (Å²) in [7, 11) is 0. The minimum atomic E-state index is -1.81. The van der Waals surface area contributed by atoms with Gasteiger partial charge in [0.25, 0.3) is 11.8 Å². The second-order valence-electron chi connectivity index (χ2n) is 7.82. The molecule has 1 fully saturated rings. The number of nitrogens with zero attached hydrogens (tertiary/aromatic N) is 4.